The van der Waals surface area contributed by atoms with E-state index >= 15 is 0 Å². The number of aromatic amines is 2. The Kier molecular flexibility index (Phi) is 15.9. The number of ether oxygens (including phenoxy) is 2. The van der Waals surface area contributed by atoms with E-state index in [4.69, 9.17) is 27.2 Å². The van der Waals surface area contributed by atoms with Crippen molar-refractivity contribution in [1.29, 1.82) is 0 Å². The van der Waals surface area contributed by atoms with E-state index in [-0.39, 0.29) is 39.7 Å². The summed E-state index contributed by atoms with van der Waals surface area (Å²) in [6, 6.07) is 2.55. The van der Waals surface area contributed by atoms with Gasteiger partial charge in [-0.1, -0.05) is 83.1 Å². The standard InChI is InChI=1S/C44H81N5O11Si4/c1-41(2,3)61(13,14)55-28-31-29(34(58-62(15,16)42(4,5)6)37(57-31)48-25-22-32(50)45-39(48)52)21-24-47(54)27-30-35(59-63(17,18)43(7,8)9)36(60-64(19,20)44(10,11)12)38(56-30)49-26-23-33(51)46-40(49)53/h22-26,29-31,34-38H,21,27-28H2,1-20H3,(H,45,50,52)(H,46,51,53). The van der Waals surface area contributed by atoms with Gasteiger partial charge in [-0.25, -0.2) is 14.3 Å². The molecule has 2 saturated heterocycles. The monoisotopic (exact) mass is 968 g/mol. The van der Waals surface area contributed by atoms with Crippen LogP contribution in [0.2, 0.25) is 72.5 Å². The maximum atomic E-state index is 14.5. The summed E-state index contributed by atoms with van der Waals surface area (Å²) >= 11 is 0. The molecule has 0 aliphatic carbocycles. The van der Waals surface area contributed by atoms with Crippen molar-refractivity contribution >= 4 is 39.5 Å². The van der Waals surface area contributed by atoms with Gasteiger partial charge < -0.3 is 32.4 Å². The van der Waals surface area contributed by atoms with Crippen molar-refractivity contribution in [2.75, 3.05) is 13.2 Å². The Morgan fingerprint density at radius 2 is 0.984 bits per heavy atom. The molecule has 16 nitrogen and oxygen atoms in total. The first kappa shape index (κ1) is 54.1. The van der Waals surface area contributed by atoms with Gasteiger partial charge in [0.2, 0.25) is 0 Å². The smallest absolute Gasteiger partial charge is 0.330 e. The summed E-state index contributed by atoms with van der Waals surface area (Å²) in [4.78, 5) is 56.0. The molecule has 2 N–H and O–H groups in total. The van der Waals surface area contributed by atoms with E-state index in [1.165, 1.54) is 33.7 Å². The van der Waals surface area contributed by atoms with Crippen LogP contribution in [0.3, 0.4) is 0 Å². The average Bonchev–Trinajstić information content (AvgIpc) is 3.59. The quantitative estimate of drug-likeness (QED) is 0.0586. The normalized spacial score (nSPS) is 25.9. The Hall–Kier alpha value is -2.54. The molecule has 64 heavy (non-hydrogen) atoms. The lowest BCUT2D eigenvalue weighted by atomic mass is 9.95. The second-order valence-corrected chi connectivity index (χ2v) is 43.0. The van der Waals surface area contributed by atoms with E-state index in [0.29, 0.717) is 0 Å². The van der Waals surface area contributed by atoms with Crippen LogP contribution < -0.4 is 22.5 Å². The van der Waals surface area contributed by atoms with Gasteiger partial charge >= 0.3 is 11.4 Å². The molecule has 8 atom stereocenters. The van der Waals surface area contributed by atoms with Crippen LogP contribution in [0.5, 0.6) is 0 Å². The van der Waals surface area contributed by atoms with Gasteiger partial charge in [-0.3, -0.25) is 28.7 Å². The lowest BCUT2D eigenvalue weighted by Crippen LogP contribution is -2.54. The van der Waals surface area contributed by atoms with E-state index in [2.05, 4.69) is 145 Å². The Morgan fingerprint density at radius 1 is 0.609 bits per heavy atom. The van der Waals surface area contributed by atoms with Crippen LogP contribution in [0.15, 0.2) is 43.7 Å². The third kappa shape index (κ3) is 12.1. The molecule has 364 valence electrons. The number of nitrogens with one attached hydrogen (secondary N) is 2. The molecule has 0 spiro atoms. The van der Waals surface area contributed by atoms with Crippen LogP contribution in [-0.4, -0.2) is 107 Å². The summed E-state index contributed by atoms with van der Waals surface area (Å²) in [5, 5.41) is 13.8. The summed E-state index contributed by atoms with van der Waals surface area (Å²) < 4.78 is 45.3. The number of hydroxylamine groups is 1. The first-order valence-electron chi connectivity index (χ1n) is 22.7. The molecule has 2 aliphatic heterocycles. The first-order chi connectivity index (χ1) is 28.8. The van der Waals surface area contributed by atoms with E-state index in [1.807, 2.05) is 0 Å². The molecule has 20 heteroatoms. The highest BCUT2D eigenvalue weighted by molar-refractivity contribution is 6.75. The van der Waals surface area contributed by atoms with Crippen molar-refractivity contribution in [3.05, 3.63) is 71.4 Å². The summed E-state index contributed by atoms with van der Waals surface area (Å²) in [5.41, 5.74) is -2.35. The predicted molar refractivity (Wildman–Crippen MR) is 262 cm³/mol. The van der Waals surface area contributed by atoms with Crippen molar-refractivity contribution in [3.8, 4) is 0 Å². The fourth-order valence-corrected chi connectivity index (χ4v) is 11.7. The van der Waals surface area contributed by atoms with E-state index in [0.717, 1.165) is 4.74 Å². The molecule has 8 unspecified atom stereocenters. The molecule has 4 heterocycles. The van der Waals surface area contributed by atoms with Crippen molar-refractivity contribution in [2.45, 2.75) is 205 Å². The number of rotatable bonds is 15. The number of hydrogen-bond acceptors (Lipinski definition) is 11. The van der Waals surface area contributed by atoms with Crippen LogP contribution in [-0.2, 0) is 27.2 Å². The Bertz CT molecular complexity index is 2210. The molecule has 2 aliphatic rings. The molecule has 0 saturated carbocycles. The second-order valence-electron chi connectivity index (χ2n) is 23.9. The molecule has 0 radical (unpaired) electrons. The zero-order chi connectivity index (χ0) is 49.0. The first-order valence-corrected chi connectivity index (χ1v) is 34.3. The van der Waals surface area contributed by atoms with Crippen molar-refractivity contribution in [3.63, 3.8) is 0 Å². The lowest BCUT2D eigenvalue weighted by Gasteiger charge is -2.44. The third-order valence-electron chi connectivity index (χ3n) is 15.1. The molecule has 0 aromatic carbocycles. The fourth-order valence-electron chi connectivity index (χ4n) is 6.75. The van der Waals surface area contributed by atoms with E-state index in [1.54, 1.807) is 6.21 Å². The fraction of sp³-hybridized carbons (Fsp3) is 0.795. The molecule has 2 aromatic rings. The summed E-state index contributed by atoms with van der Waals surface area (Å²) in [7, 11) is -10.00. The van der Waals surface area contributed by atoms with Gasteiger partial charge in [0.1, 0.15) is 18.3 Å². The Balaban J connectivity index is 1.84. The third-order valence-corrected chi connectivity index (χ3v) is 33.0. The Morgan fingerprint density at radius 3 is 1.39 bits per heavy atom. The summed E-state index contributed by atoms with van der Waals surface area (Å²) in [6.07, 6.45) is -1.03. The molecule has 2 fully saturated rings. The van der Waals surface area contributed by atoms with Gasteiger partial charge in [-0.05, 0) is 72.5 Å². The minimum absolute atomic E-state index is 0.0974. The summed E-state index contributed by atoms with van der Waals surface area (Å²) in [6.45, 7) is 42.8. The van der Waals surface area contributed by atoms with Gasteiger partial charge in [0.15, 0.2) is 58.5 Å². The minimum Gasteiger partial charge on any atom is -0.624 e. The number of hydrogen-bond donors (Lipinski definition) is 2. The average molecular weight is 968 g/mol. The predicted octanol–water partition coefficient (Wildman–Crippen LogP) is 7.66. The van der Waals surface area contributed by atoms with Gasteiger partial charge in [0, 0.05) is 36.9 Å². The van der Waals surface area contributed by atoms with Crippen molar-refractivity contribution < 1.29 is 31.9 Å². The maximum absolute atomic E-state index is 14.5. The topological polar surface area (TPSA) is 191 Å². The Labute approximate surface area is 384 Å². The van der Waals surface area contributed by atoms with Gasteiger partial charge in [0.05, 0.1) is 18.8 Å². The van der Waals surface area contributed by atoms with E-state index in [9.17, 15) is 24.4 Å². The van der Waals surface area contributed by atoms with Crippen LogP contribution in [0.4, 0.5) is 0 Å². The number of H-pyrrole nitrogens is 2. The zero-order valence-corrected chi connectivity index (χ0v) is 46.5. The molecule has 2 aromatic heterocycles. The van der Waals surface area contributed by atoms with Crippen LogP contribution in [0, 0.1) is 11.1 Å². The van der Waals surface area contributed by atoms with Gasteiger partial charge in [-0.2, -0.15) is 0 Å². The highest BCUT2D eigenvalue weighted by Gasteiger charge is 2.56. The zero-order valence-electron chi connectivity index (χ0n) is 42.5. The molecular weight excluding hydrogens is 887 g/mol. The van der Waals surface area contributed by atoms with Gasteiger partial charge in [0.25, 0.3) is 11.1 Å². The number of nitrogens with zero attached hydrogens (tertiary/aromatic N) is 3. The highest BCUT2D eigenvalue weighted by atomic mass is 28.4. The highest BCUT2D eigenvalue weighted by Crippen LogP contribution is 2.47. The number of aromatic nitrogens is 4. The SMILES string of the molecule is CC(C)(C)[Si](C)(C)OCC1OC(n2ccc(=O)[nH]c2=O)C(O[Si](C)(C)C(C)(C)C)C1CC=[N+]([O-])CC1OC(n2ccc(=O)[nH]c2=O)C(O[Si](C)(C)C(C)(C)C)C1O[Si](C)(C)C(C)(C)C. The molecule has 0 amide bonds. The van der Waals surface area contributed by atoms with Crippen molar-refractivity contribution in [1.82, 2.24) is 19.1 Å². The minimum atomic E-state index is -2.57. The second kappa shape index (κ2) is 18.9. The van der Waals surface area contributed by atoms with Crippen molar-refractivity contribution in [2.24, 2.45) is 5.92 Å². The molecular formula is C44H81N5O11Si4. The van der Waals surface area contributed by atoms with Gasteiger partial charge in [-0.15, -0.1) is 0 Å². The summed E-state index contributed by atoms with van der Waals surface area (Å²) in [5.74, 6) is -0.454. The maximum Gasteiger partial charge on any atom is 0.330 e. The lowest BCUT2D eigenvalue weighted by molar-refractivity contribution is -0.468. The molecule has 0 bridgehead atoms. The van der Waals surface area contributed by atoms with Crippen LogP contribution in [0.1, 0.15) is 102 Å². The van der Waals surface area contributed by atoms with E-state index < -0.39 is 105 Å². The van der Waals surface area contributed by atoms with Crippen LogP contribution in [0.25, 0.3) is 0 Å². The molecule has 4 rings (SSSR count). The van der Waals surface area contributed by atoms with Crippen LogP contribution >= 0.6 is 0 Å². The largest absolute Gasteiger partial charge is 0.624 e.